The lowest BCUT2D eigenvalue weighted by atomic mass is 10.0. The fraction of sp³-hybridized carbons (Fsp3) is 0.222. The summed E-state index contributed by atoms with van der Waals surface area (Å²) in [5, 5.41) is 12.9. The van der Waals surface area contributed by atoms with Gasteiger partial charge >= 0.3 is 5.97 Å². The van der Waals surface area contributed by atoms with Crippen LogP contribution < -0.4 is 10.1 Å². The Morgan fingerprint density at radius 2 is 1.69 bits per heavy atom. The highest BCUT2D eigenvalue weighted by Crippen LogP contribution is 2.33. The van der Waals surface area contributed by atoms with E-state index in [1.807, 2.05) is 6.92 Å². The van der Waals surface area contributed by atoms with Crippen LogP contribution in [0.4, 0.5) is 10.1 Å². The molecule has 0 spiro atoms. The Bertz CT molecular complexity index is 1250. The first-order valence-electron chi connectivity index (χ1n) is 11.0. The average molecular weight is 480 g/mol. The molecule has 3 aromatic rings. The third kappa shape index (κ3) is 6.03. The number of aromatic hydroxyl groups is 1. The molecular formula is C27H26FNO6. The first-order chi connectivity index (χ1) is 16.7. The molecule has 7 nitrogen and oxygen atoms in total. The van der Waals surface area contributed by atoms with E-state index in [2.05, 4.69) is 10.1 Å². The lowest BCUT2D eigenvalue weighted by molar-refractivity contribution is 0.0600. The van der Waals surface area contributed by atoms with E-state index in [1.54, 1.807) is 30.3 Å². The Balaban J connectivity index is 1.70. The van der Waals surface area contributed by atoms with Crippen molar-refractivity contribution in [1.29, 1.82) is 0 Å². The van der Waals surface area contributed by atoms with Crippen molar-refractivity contribution in [1.82, 2.24) is 0 Å². The van der Waals surface area contributed by atoms with Crippen molar-refractivity contribution in [2.45, 2.75) is 33.3 Å². The molecule has 0 radical (unpaired) electrons. The van der Waals surface area contributed by atoms with Crippen molar-refractivity contribution in [3.63, 3.8) is 0 Å². The fourth-order valence-electron chi connectivity index (χ4n) is 3.50. The highest BCUT2D eigenvalue weighted by molar-refractivity contribution is 6.05. The van der Waals surface area contributed by atoms with Crippen LogP contribution in [0.15, 0.2) is 54.6 Å². The second-order valence-corrected chi connectivity index (χ2v) is 7.87. The normalized spacial score (nSPS) is 10.5. The highest BCUT2D eigenvalue weighted by atomic mass is 19.1. The van der Waals surface area contributed by atoms with Crippen molar-refractivity contribution < 1.29 is 33.4 Å². The molecule has 0 saturated carbocycles. The van der Waals surface area contributed by atoms with Gasteiger partial charge in [-0.05, 0) is 61.4 Å². The number of hydrogen-bond donors (Lipinski definition) is 2. The smallest absolute Gasteiger partial charge is 0.337 e. The minimum atomic E-state index is -0.682. The predicted octanol–water partition coefficient (Wildman–Crippen LogP) is 5.30. The van der Waals surface area contributed by atoms with Gasteiger partial charge in [0.2, 0.25) is 0 Å². The van der Waals surface area contributed by atoms with E-state index in [-0.39, 0.29) is 40.5 Å². The molecule has 3 rings (SSSR count). The minimum Gasteiger partial charge on any atom is -0.507 e. The summed E-state index contributed by atoms with van der Waals surface area (Å²) in [5.74, 6) is -1.68. The van der Waals surface area contributed by atoms with Crippen molar-refractivity contribution in [2.24, 2.45) is 0 Å². The van der Waals surface area contributed by atoms with Crippen LogP contribution >= 0.6 is 0 Å². The summed E-state index contributed by atoms with van der Waals surface area (Å²) in [7, 11) is 1.21. The number of carbonyl (C=O) groups is 3. The van der Waals surface area contributed by atoms with Crippen molar-refractivity contribution in [2.75, 3.05) is 12.4 Å². The van der Waals surface area contributed by atoms with E-state index in [0.29, 0.717) is 17.7 Å². The molecule has 0 fully saturated rings. The fourth-order valence-corrected chi connectivity index (χ4v) is 3.50. The molecule has 182 valence electrons. The lowest BCUT2D eigenvalue weighted by Gasteiger charge is -2.15. The van der Waals surface area contributed by atoms with Gasteiger partial charge in [0.1, 0.15) is 23.9 Å². The molecule has 0 bridgehead atoms. The highest BCUT2D eigenvalue weighted by Gasteiger charge is 2.17. The SMILES string of the molecule is CCCc1c(OCc2ccc(C(=O)Nc3cc(C(=O)OC)ccc3F)cc2)ccc(C(C)=O)c1O. The van der Waals surface area contributed by atoms with Crippen LogP contribution in [0, 0.1) is 5.82 Å². The van der Waals surface area contributed by atoms with Gasteiger partial charge in [-0.25, -0.2) is 9.18 Å². The Labute approximate surface area is 202 Å². The molecule has 0 aliphatic heterocycles. The number of phenolic OH excluding ortho intramolecular Hbond substituents is 1. The summed E-state index contributed by atoms with van der Waals surface area (Å²) in [6, 6.07) is 13.3. The number of methoxy groups -OCH3 is 1. The molecule has 0 atom stereocenters. The zero-order valence-corrected chi connectivity index (χ0v) is 19.7. The topological polar surface area (TPSA) is 102 Å². The van der Waals surface area contributed by atoms with Gasteiger partial charge in [-0.2, -0.15) is 0 Å². The van der Waals surface area contributed by atoms with E-state index in [0.717, 1.165) is 18.1 Å². The molecule has 2 N–H and O–H groups in total. The summed E-state index contributed by atoms with van der Waals surface area (Å²) in [4.78, 5) is 35.9. The van der Waals surface area contributed by atoms with Crippen LogP contribution in [0.1, 0.15) is 62.5 Å². The van der Waals surface area contributed by atoms with Crippen LogP contribution in [-0.2, 0) is 17.8 Å². The number of nitrogens with one attached hydrogen (secondary N) is 1. The number of Topliss-reactive ketones (excluding diaryl/α,β-unsaturated/α-hetero) is 1. The van der Waals surface area contributed by atoms with Crippen LogP contribution in [0.5, 0.6) is 11.5 Å². The monoisotopic (exact) mass is 479 g/mol. The summed E-state index contributed by atoms with van der Waals surface area (Å²) >= 11 is 0. The maximum atomic E-state index is 14.1. The van der Waals surface area contributed by atoms with Crippen LogP contribution in [0.2, 0.25) is 0 Å². The van der Waals surface area contributed by atoms with Crippen molar-refractivity contribution >= 4 is 23.3 Å². The van der Waals surface area contributed by atoms with Crippen LogP contribution in [0.25, 0.3) is 0 Å². The number of halogens is 1. The quantitative estimate of drug-likeness (QED) is 0.319. The molecule has 0 aliphatic rings. The van der Waals surface area contributed by atoms with Gasteiger partial charge in [0.25, 0.3) is 5.91 Å². The molecule has 1 amide bonds. The molecule has 0 aromatic heterocycles. The minimum absolute atomic E-state index is 0.0626. The van der Waals surface area contributed by atoms with Gasteiger partial charge in [-0.3, -0.25) is 9.59 Å². The number of anilines is 1. The number of benzene rings is 3. The van der Waals surface area contributed by atoms with Gasteiger partial charge in [0.05, 0.1) is 23.9 Å². The molecule has 8 heteroatoms. The Morgan fingerprint density at radius 3 is 2.31 bits per heavy atom. The largest absolute Gasteiger partial charge is 0.507 e. The van der Waals surface area contributed by atoms with Gasteiger partial charge in [-0.15, -0.1) is 0 Å². The first kappa shape index (κ1) is 25.4. The number of hydrogen-bond acceptors (Lipinski definition) is 6. The van der Waals surface area contributed by atoms with Crippen molar-refractivity contribution in [3.8, 4) is 11.5 Å². The van der Waals surface area contributed by atoms with Gasteiger partial charge in [0.15, 0.2) is 5.78 Å². The molecule has 0 unspecified atom stereocenters. The molecule has 35 heavy (non-hydrogen) atoms. The number of carbonyl (C=O) groups excluding carboxylic acids is 3. The zero-order valence-electron chi connectivity index (χ0n) is 19.7. The number of phenols is 1. The Morgan fingerprint density at radius 1 is 1.00 bits per heavy atom. The summed E-state index contributed by atoms with van der Waals surface area (Å²) < 4.78 is 24.6. The van der Waals surface area contributed by atoms with E-state index in [1.165, 1.54) is 32.2 Å². The predicted molar refractivity (Wildman–Crippen MR) is 129 cm³/mol. The third-order valence-electron chi connectivity index (χ3n) is 5.37. The van der Waals surface area contributed by atoms with E-state index in [9.17, 15) is 23.9 Å². The zero-order chi connectivity index (χ0) is 25.5. The molecule has 0 saturated heterocycles. The van der Waals surface area contributed by atoms with E-state index in [4.69, 9.17) is 4.74 Å². The van der Waals surface area contributed by atoms with Crippen LogP contribution in [-0.4, -0.2) is 29.9 Å². The molecule has 3 aromatic carbocycles. The standard InChI is InChI=1S/C27H26FNO6/c1-4-5-21-24(13-11-20(16(2)30)25(21)31)35-15-17-6-8-18(9-7-17)26(32)29-23-14-19(27(33)34-3)10-12-22(23)28/h6-14,31H,4-5,15H2,1-3H3,(H,29,32). The number of rotatable bonds is 9. The molecule has 0 aliphatic carbocycles. The van der Waals surface area contributed by atoms with Gasteiger partial charge < -0.3 is 19.9 Å². The second-order valence-electron chi connectivity index (χ2n) is 7.87. The first-order valence-corrected chi connectivity index (χ1v) is 11.0. The third-order valence-corrected chi connectivity index (χ3v) is 5.37. The number of ether oxygens (including phenoxy) is 2. The van der Waals surface area contributed by atoms with Gasteiger partial charge in [0, 0.05) is 11.1 Å². The van der Waals surface area contributed by atoms with E-state index < -0.39 is 17.7 Å². The number of esters is 1. The van der Waals surface area contributed by atoms with Crippen molar-refractivity contribution in [3.05, 3.63) is 88.2 Å². The lowest BCUT2D eigenvalue weighted by Crippen LogP contribution is -2.14. The maximum Gasteiger partial charge on any atom is 0.337 e. The van der Waals surface area contributed by atoms with Crippen LogP contribution in [0.3, 0.4) is 0 Å². The molecule has 0 heterocycles. The van der Waals surface area contributed by atoms with E-state index >= 15 is 0 Å². The summed E-state index contributed by atoms with van der Waals surface area (Å²) in [6.07, 6.45) is 1.31. The summed E-state index contributed by atoms with van der Waals surface area (Å²) in [6.45, 7) is 3.53. The van der Waals surface area contributed by atoms with Gasteiger partial charge in [-0.1, -0.05) is 25.5 Å². The molecular weight excluding hydrogens is 453 g/mol. The average Bonchev–Trinajstić information content (AvgIpc) is 2.85. The second kappa shape index (κ2) is 11.3. The summed E-state index contributed by atoms with van der Waals surface area (Å²) in [5.41, 5.74) is 1.85. The maximum absolute atomic E-state index is 14.1. The number of ketones is 1. The number of amides is 1. The Kier molecular flexibility index (Phi) is 8.20. The Hall–Kier alpha value is -4.20.